The van der Waals surface area contributed by atoms with Crippen LogP contribution < -0.4 is 5.32 Å². The highest BCUT2D eigenvalue weighted by atomic mass is 35.5. The first-order chi connectivity index (χ1) is 9.71. The second-order valence-corrected chi connectivity index (χ2v) is 6.26. The van der Waals surface area contributed by atoms with Gasteiger partial charge >= 0.3 is 0 Å². The second kappa shape index (κ2) is 5.63. The van der Waals surface area contributed by atoms with Crippen LogP contribution in [0.2, 0.25) is 5.02 Å². The number of nitrogens with one attached hydrogen (secondary N) is 1. The van der Waals surface area contributed by atoms with Crippen molar-refractivity contribution in [3.05, 3.63) is 28.8 Å². The lowest BCUT2D eigenvalue weighted by molar-refractivity contribution is -0.0307. The Morgan fingerprint density at radius 3 is 2.85 bits per heavy atom. The van der Waals surface area contributed by atoms with Gasteiger partial charge in [-0.2, -0.15) is 5.26 Å². The number of nitriles is 1. The van der Waals surface area contributed by atoms with E-state index in [1.807, 2.05) is 6.07 Å². The lowest BCUT2D eigenvalue weighted by atomic mass is 9.98. The van der Waals surface area contributed by atoms with Gasteiger partial charge in [-0.3, -0.25) is 0 Å². The highest BCUT2D eigenvalue weighted by Crippen LogP contribution is 2.43. The maximum absolute atomic E-state index is 8.85. The molecule has 4 heteroatoms. The summed E-state index contributed by atoms with van der Waals surface area (Å²) in [5, 5.41) is 12.7. The van der Waals surface area contributed by atoms with E-state index in [0.29, 0.717) is 16.7 Å². The number of anilines is 1. The molecular weight excluding hydrogens is 272 g/mol. The molecule has 1 atom stereocenters. The fourth-order valence-corrected chi connectivity index (χ4v) is 3.60. The van der Waals surface area contributed by atoms with Crippen molar-refractivity contribution in [1.29, 1.82) is 5.26 Å². The normalized spacial score (nSPS) is 23.9. The van der Waals surface area contributed by atoms with Crippen molar-refractivity contribution in [3.63, 3.8) is 0 Å². The van der Waals surface area contributed by atoms with Crippen LogP contribution in [0.4, 0.5) is 5.69 Å². The van der Waals surface area contributed by atoms with Crippen LogP contribution in [-0.2, 0) is 4.74 Å². The van der Waals surface area contributed by atoms with Gasteiger partial charge in [0.25, 0.3) is 0 Å². The summed E-state index contributed by atoms with van der Waals surface area (Å²) in [6, 6.07) is 7.52. The van der Waals surface area contributed by atoms with E-state index in [-0.39, 0.29) is 5.60 Å². The van der Waals surface area contributed by atoms with E-state index in [1.165, 1.54) is 32.1 Å². The van der Waals surface area contributed by atoms with Crippen molar-refractivity contribution in [2.75, 3.05) is 11.9 Å². The molecule has 2 fully saturated rings. The highest BCUT2D eigenvalue weighted by Gasteiger charge is 2.41. The number of hydrogen-bond donors (Lipinski definition) is 1. The molecule has 1 saturated carbocycles. The minimum atomic E-state index is 0.189. The fourth-order valence-electron chi connectivity index (χ4n) is 3.37. The first-order valence-corrected chi connectivity index (χ1v) is 7.70. The van der Waals surface area contributed by atoms with Crippen LogP contribution in [-0.4, -0.2) is 18.2 Å². The third-order valence-corrected chi connectivity index (χ3v) is 4.79. The predicted octanol–water partition coefficient (Wildman–Crippen LogP) is 4.12. The molecule has 1 aliphatic heterocycles. The Morgan fingerprint density at radius 2 is 2.15 bits per heavy atom. The average molecular weight is 291 g/mol. The van der Waals surface area contributed by atoms with Crippen LogP contribution in [0.15, 0.2) is 18.2 Å². The first kappa shape index (κ1) is 13.7. The van der Waals surface area contributed by atoms with Gasteiger partial charge in [0.05, 0.1) is 22.3 Å². The Morgan fingerprint density at radius 1 is 1.35 bits per heavy atom. The molecule has 1 N–H and O–H groups in total. The standard InChI is InChI=1S/C16H19ClN2O/c17-15-9-13(4-3-12(15)10-18)19-11-14-5-8-16(20-14)6-1-2-7-16/h3-4,9,14,19H,1-2,5-8,11H2. The molecular formula is C16H19ClN2O. The Labute approximate surface area is 124 Å². The van der Waals surface area contributed by atoms with Crippen molar-refractivity contribution in [2.45, 2.75) is 50.2 Å². The van der Waals surface area contributed by atoms with Crippen LogP contribution in [0.3, 0.4) is 0 Å². The van der Waals surface area contributed by atoms with Gasteiger partial charge in [0, 0.05) is 12.2 Å². The molecule has 1 heterocycles. The summed E-state index contributed by atoms with van der Waals surface area (Å²) in [6.45, 7) is 0.810. The molecule has 20 heavy (non-hydrogen) atoms. The quantitative estimate of drug-likeness (QED) is 0.911. The molecule has 0 radical (unpaired) electrons. The first-order valence-electron chi connectivity index (χ1n) is 7.32. The minimum absolute atomic E-state index is 0.189. The van der Waals surface area contributed by atoms with Crippen LogP contribution >= 0.6 is 11.6 Å². The molecule has 0 aromatic heterocycles. The van der Waals surface area contributed by atoms with Gasteiger partial charge in [-0.15, -0.1) is 0 Å². The van der Waals surface area contributed by atoms with E-state index in [4.69, 9.17) is 21.6 Å². The van der Waals surface area contributed by atoms with Crippen molar-refractivity contribution in [3.8, 4) is 6.07 Å². The summed E-state index contributed by atoms with van der Waals surface area (Å²) in [4.78, 5) is 0. The van der Waals surface area contributed by atoms with E-state index in [2.05, 4.69) is 11.4 Å². The van der Waals surface area contributed by atoms with Gasteiger partial charge in [-0.05, 0) is 43.9 Å². The maximum atomic E-state index is 8.85. The monoisotopic (exact) mass is 290 g/mol. The molecule has 1 aromatic rings. The zero-order valence-electron chi connectivity index (χ0n) is 11.5. The predicted molar refractivity (Wildman–Crippen MR) is 80.0 cm³/mol. The van der Waals surface area contributed by atoms with Crippen molar-refractivity contribution in [1.82, 2.24) is 0 Å². The molecule has 3 nitrogen and oxygen atoms in total. The molecule has 1 saturated heterocycles. The van der Waals surface area contributed by atoms with E-state index in [0.717, 1.165) is 18.7 Å². The molecule has 106 valence electrons. The van der Waals surface area contributed by atoms with Crippen LogP contribution in [0.5, 0.6) is 0 Å². The number of benzene rings is 1. The molecule has 0 amide bonds. The van der Waals surface area contributed by atoms with E-state index in [1.54, 1.807) is 12.1 Å². The van der Waals surface area contributed by atoms with Gasteiger partial charge in [0.2, 0.25) is 0 Å². The summed E-state index contributed by atoms with van der Waals surface area (Å²) in [5.74, 6) is 0. The Kier molecular flexibility index (Phi) is 3.87. The van der Waals surface area contributed by atoms with Crippen molar-refractivity contribution >= 4 is 17.3 Å². The molecule has 1 aromatic carbocycles. The second-order valence-electron chi connectivity index (χ2n) is 5.86. The number of halogens is 1. The molecule has 1 aliphatic carbocycles. The topological polar surface area (TPSA) is 45.0 Å². The van der Waals surface area contributed by atoms with Crippen LogP contribution in [0.1, 0.15) is 44.1 Å². The minimum Gasteiger partial charge on any atom is -0.382 e. The Balaban J connectivity index is 1.55. The maximum Gasteiger partial charge on any atom is 0.101 e. The summed E-state index contributed by atoms with van der Waals surface area (Å²) in [6.07, 6.45) is 7.71. The molecule has 1 unspecified atom stereocenters. The van der Waals surface area contributed by atoms with Gasteiger partial charge in [-0.25, -0.2) is 0 Å². The molecule has 0 bridgehead atoms. The number of nitrogens with zero attached hydrogens (tertiary/aromatic N) is 1. The number of rotatable bonds is 3. The number of ether oxygens (including phenoxy) is 1. The summed E-state index contributed by atoms with van der Waals surface area (Å²) in [7, 11) is 0. The lowest BCUT2D eigenvalue weighted by Crippen LogP contribution is -2.27. The molecule has 1 spiro atoms. The highest BCUT2D eigenvalue weighted by molar-refractivity contribution is 6.32. The lowest BCUT2D eigenvalue weighted by Gasteiger charge is -2.24. The molecule has 2 aliphatic rings. The number of hydrogen-bond acceptors (Lipinski definition) is 3. The van der Waals surface area contributed by atoms with Gasteiger partial charge in [0.1, 0.15) is 6.07 Å². The Bertz CT molecular complexity index is 532. The summed E-state index contributed by atoms with van der Waals surface area (Å²) in [5.41, 5.74) is 1.65. The van der Waals surface area contributed by atoms with E-state index < -0.39 is 0 Å². The van der Waals surface area contributed by atoms with E-state index in [9.17, 15) is 0 Å². The summed E-state index contributed by atoms with van der Waals surface area (Å²) < 4.78 is 6.26. The third-order valence-electron chi connectivity index (χ3n) is 4.48. The SMILES string of the molecule is N#Cc1ccc(NCC2CCC3(CCCC3)O2)cc1Cl. The Hall–Kier alpha value is -1.24. The smallest absolute Gasteiger partial charge is 0.101 e. The third kappa shape index (κ3) is 2.77. The van der Waals surface area contributed by atoms with Crippen molar-refractivity contribution < 1.29 is 4.74 Å². The zero-order valence-corrected chi connectivity index (χ0v) is 12.2. The van der Waals surface area contributed by atoms with Gasteiger partial charge < -0.3 is 10.1 Å². The zero-order chi connectivity index (χ0) is 14.0. The van der Waals surface area contributed by atoms with Crippen LogP contribution in [0.25, 0.3) is 0 Å². The average Bonchev–Trinajstić information content (AvgIpc) is 3.07. The van der Waals surface area contributed by atoms with E-state index >= 15 is 0 Å². The fraction of sp³-hybridized carbons (Fsp3) is 0.562. The largest absolute Gasteiger partial charge is 0.382 e. The summed E-state index contributed by atoms with van der Waals surface area (Å²) >= 11 is 6.03. The molecule has 3 rings (SSSR count). The van der Waals surface area contributed by atoms with Gasteiger partial charge in [-0.1, -0.05) is 24.4 Å². The van der Waals surface area contributed by atoms with Crippen molar-refractivity contribution in [2.24, 2.45) is 0 Å². The van der Waals surface area contributed by atoms with Gasteiger partial charge in [0.15, 0.2) is 0 Å². The van der Waals surface area contributed by atoms with Crippen LogP contribution in [0, 0.1) is 11.3 Å².